The molecule has 0 fully saturated rings. The van der Waals surface area contributed by atoms with E-state index < -0.39 is 23.0 Å². The highest BCUT2D eigenvalue weighted by molar-refractivity contribution is 5.94. The predicted octanol–water partition coefficient (Wildman–Crippen LogP) is 4.68. The number of carbonyl (C=O) groups is 3. The monoisotopic (exact) mass is 559 g/mol. The van der Waals surface area contributed by atoms with Gasteiger partial charge in [-0.1, -0.05) is 29.8 Å². The normalized spacial score (nSPS) is 14.9. The highest BCUT2D eigenvalue weighted by Crippen LogP contribution is 2.32. The van der Waals surface area contributed by atoms with Crippen LogP contribution in [-0.2, 0) is 4.79 Å². The number of allylic oxidation sites excluding steroid dienone is 1. The van der Waals surface area contributed by atoms with E-state index in [1.165, 1.54) is 47.2 Å². The summed E-state index contributed by atoms with van der Waals surface area (Å²) in [5.74, 6) is -0.540. The van der Waals surface area contributed by atoms with E-state index in [0.29, 0.717) is 23.6 Å². The summed E-state index contributed by atoms with van der Waals surface area (Å²) in [5, 5.41) is 23.7. The van der Waals surface area contributed by atoms with Crippen LogP contribution in [0.4, 0.5) is 10.5 Å². The van der Waals surface area contributed by atoms with Crippen molar-refractivity contribution < 1.29 is 29.2 Å². The maximum Gasteiger partial charge on any atom is 0.335 e. The Bertz CT molecular complexity index is 1500. The van der Waals surface area contributed by atoms with Gasteiger partial charge in [0.05, 0.1) is 22.1 Å². The second-order valence-corrected chi connectivity index (χ2v) is 9.57. The van der Waals surface area contributed by atoms with Crippen LogP contribution in [0.3, 0.4) is 0 Å². The number of nitrogens with one attached hydrogen (secondary N) is 1. The van der Waals surface area contributed by atoms with E-state index in [4.69, 9.17) is 4.74 Å². The fraction of sp³-hybridized carbons (Fsp3) is 0.241. The average Bonchev–Trinajstić information content (AvgIpc) is 2.95. The molecule has 0 saturated heterocycles. The average molecular weight is 560 g/mol. The Morgan fingerprint density at radius 1 is 1.15 bits per heavy atom. The van der Waals surface area contributed by atoms with Crippen LogP contribution in [0.1, 0.15) is 40.9 Å². The number of non-ortho nitro benzene ring substituents is 1. The summed E-state index contributed by atoms with van der Waals surface area (Å²) in [7, 11) is 1.62. The first-order valence-corrected chi connectivity index (χ1v) is 12.8. The van der Waals surface area contributed by atoms with E-state index in [1.807, 2.05) is 31.2 Å². The van der Waals surface area contributed by atoms with Gasteiger partial charge in [0.25, 0.3) is 11.6 Å². The van der Waals surface area contributed by atoms with E-state index in [1.54, 1.807) is 19.2 Å². The minimum absolute atomic E-state index is 0.0893. The number of benzene rings is 2. The number of amides is 3. The van der Waals surface area contributed by atoms with E-state index in [0.717, 1.165) is 5.56 Å². The number of ether oxygens (including phenoxy) is 1. The fourth-order valence-electron chi connectivity index (χ4n) is 4.48. The summed E-state index contributed by atoms with van der Waals surface area (Å²) in [6, 6.07) is 14.6. The Kier molecular flexibility index (Phi) is 8.61. The Hall–Kier alpha value is -5.26. The van der Waals surface area contributed by atoms with Gasteiger partial charge >= 0.3 is 12.0 Å². The lowest BCUT2D eigenvalue weighted by molar-refractivity contribution is -0.384. The van der Waals surface area contributed by atoms with Gasteiger partial charge < -0.3 is 20.1 Å². The molecule has 2 aromatic carbocycles. The smallest absolute Gasteiger partial charge is 0.335 e. The van der Waals surface area contributed by atoms with Gasteiger partial charge in [-0.3, -0.25) is 19.8 Å². The maximum absolute atomic E-state index is 12.9. The number of carboxylic acid groups (broad SMARTS) is 1. The van der Waals surface area contributed by atoms with Gasteiger partial charge in [0, 0.05) is 50.2 Å². The molecule has 1 aromatic heterocycles. The van der Waals surface area contributed by atoms with E-state index in [2.05, 4.69) is 10.3 Å². The number of aliphatic carboxylic acids is 1. The standard InChI is InChI=1S/C29H29N5O7/c1-18-8-11-23(12-9-18)41-24-13-10-21(17-30-24)27(35)32(3)14-5-15-33-19(2)25(28(36)37)26(31-29(33)38)20-6-4-7-22(16-20)34(39)40/h4,6-13,16-17,26H,5,14-15H2,1-3H3,(H,31,38)(H,36,37). The number of nitro groups is 1. The van der Waals surface area contributed by atoms with Crippen molar-refractivity contribution in [3.8, 4) is 11.6 Å². The quantitative estimate of drug-likeness (QED) is 0.268. The zero-order valence-electron chi connectivity index (χ0n) is 22.7. The van der Waals surface area contributed by atoms with Crippen LogP contribution in [0, 0.1) is 17.0 Å². The lowest BCUT2D eigenvalue weighted by Crippen LogP contribution is -2.48. The van der Waals surface area contributed by atoms with Crippen LogP contribution in [0.15, 0.2) is 78.1 Å². The second-order valence-electron chi connectivity index (χ2n) is 9.57. The van der Waals surface area contributed by atoms with Crippen LogP contribution >= 0.6 is 0 Å². The molecule has 1 aliphatic rings. The third kappa shape index (κ3) is 6.67. The number of aryl methyl sites for hydroxylation is 1. The van der Waals surface area contributed by atoms with E-state index in [9.17, 15) is 29.6 Å². The molecule has 41 heavy (non-hydrogen) atoms. The number of carbonyl (C=O) groups excluding carboxylic acids is 2. The fourth-order valence-corrected chi connectivity index (χ4v) is 4.48. The van der Waals surface area contributed by atoms with Crippen LogP contribution < -0.4 is 10.1 Å². The number of rotatable bonds is 10. The van der Waals surface area contributed by atoms with Gasteiger partial charge in [-0.05, 0) is 44.0 Å². The highest BCUT2D eigenvalue weighted by Gasteiger charge is 2.36. The first-order valence-electron chi connectivity index (χ1n) is 12.8. The Labute approximate surface area is 236 Å². The van der Waals surface area contributed by atoms with Crippen molar-refractivity contribution in [1.29, 1.82) is 0 Å². The molecule has 2 heterocycles. The summed E-state index contributed by atoms with van der Waals surface area (Å²) in [6.07, 6.45) is 1.80. The van der Waals surface area contributed by atoms with Crippen LogP contribution in [-0.4, -0.2) is 62.9 Å². The Balaban J connectivity index is 1.38. The lowest BCUT2D eigenvalue weighted by atomic mass is 9.94. The maximum atomic E-state index is 12.9. The van der Waals surface area contributed by atoms with Crippen LogP contribution in [0.25, 0.3) is 0 Å². The summed E-state index contributed by atoms with van der Waals surface area (Å²) < 4.78 is 5.70. The number of aromatic nitrogens is 1. The van der Waals surface area contributed by atoms with Crippen molar-refractivity contribution in [2.45, 2.75) is 26.3 Å². The summed E-state index contributed by atoms with van der Waals surface area (Å²) >= 11 is 0. The molecule has 12 heteroatoms. The van der Waals surface area contributed by atoms with Gasteiger partial charge in [0.2, 0.25) is 5.88 Å². The van der Waals surface area contributed by atoms with E-state index in [-0.39, 0.29) is 41.5 Å². The number of carboxylic acids is 1. The third-order valence-corrected chi connectivity index (χ3v) is 6.69. The predicted molar refractivity (Wildman–Crippen MR) is 148 cm³/mol. The molecule has 12 nitrogen and oxygen atoms in total. The number of pyridine rings is 1. The molecule has 0 aliphatic carbocycles. The zero-order chi connectivity index (χ0) is 29.7. The third-order valence-electron chi connectivity index (χ3n) is 6.69. The molecular weight excluding hydrogens is 530 g/mol. The summed E-state index contributed by atoms with van der Waals surface area (Å²) in [4.78, 5) is 55.6. The molecule has 4 rings (SSSR count). The topological polar surface area (TPSA) is 155 Å². The SMILES string of the molecule is CC1=C(C(=O)O)C(c2cccc([N+](=O)[O-])c2)NC(=O)N1CCCN(C)C(=O)c1ccc(Oc2ccc(C)cc2)nc1. The Morgan fingerprint density at radius 3 is 2.51 bits per heavy atom. The number of nitrogens with zero attached hydrogens (tertiary/aromatic N) is 4. The van der Waals surface area contributed by atoms with Crippen molar-refractivity contribution in [2.24, 2.45) is 0 Å². The molecule has 212 valence electrons. The minimum Gasteiger partial charge on any atom is -0.478 e. The van der Waals surface area contributed by atoms with Crippen LogP contribution in [0.5, 0.6) is 11.6 Å². The van der Waals surface area contributed by atoms with Gasteiger partial charge in [-0.15, -0.1) is 0 Å². The molecule has 2 N–H and O–H groups in total. The van der Waals surface area contributed by atoms with Crippen molar-refractivity contribution in [1.82, 2.24) is 20.1 Å². The van der Waals surface area contributed by atoms with Gasteiger partial charge in [-0.2, -0.15) is 0 Å². The van der Waals surface area contributed by atoms with Crippen molar-refractivity contribution in [2.75, 3.05) is 20.1 Å². The summed E-state index contributed by atoms with van der Waals surface area (Å²) in [6.45, 7) is 3.93. The van der Waals surface area contributed by atoms with Crippen LogP contribution in [0.2, 0.25) is 0 Å². The van der Waals surface area contributed by atoms with Crippen molar-refractivity contribution >= 4 is 23.6 Å². The molecule has 0 spiro atoms. The van der Waals surface area contributed by atoms with Gasteiger partial charge in [-0.25, -0.2) is 14.6 Å². The largest absolute Gasteiger partial charge is 0.478 e. The highest BCUT2D eigenvalue weighted by atomic mass is 16.6. The lowest BCUT2D eigenvalue weighted by Gasteiger charge is -2.35. The molecule has 0 radical (unpaired) electrons. The van der Waals surface area contributed by atoms with Gasteiger partial charge in [0.1, 0.15) is 5.75 Å². The molecule has 0 bridgehead atoms. The second kappa shape index (κ2) is 12.3. The van der Waals surface area contributed by atoms with Crippen molar-refractivity contribution in [3.63, 3.8) is 0 Å². The molecule has 1 aliphatic heterocycles. The molecule has 3 amide bonds. The molecule has 1 atom stereocenters. The molecule has 1 unspecified atom stereocenters. The molecule has 3 aromatic rings. The Morgan fingerprint density at radius 2 is 1.88 bits per heavy atom. The number of urea groups is 1. The number of nitro benzene ring substituents is 1. The first kappa shape index (κ1) is 28.7. The number of hydrogen-bond acceptors (Lipinski definition) is 7. The summed E-state index contributed by atoms with van der Waals surface area (Å²) in [5.41, 5.74) is 1.68. The molecular formula is C29H29N5O7. The molecule has 0 saturated carbocycles. The van der Waals surface area contributed by atoms with Gasteiger partial charge in [0.15, 0.2) is 0 Å². The minimum atomic E-state index is -1.25. The zero-order valence-corrected chi connectivity index (χ0v) is 22.7. The van der Waals surface area contributed by atoms with Crippen molar-refractivity contribution in [3.05, 3.63) is 105 Å². The van der Waals surface area contributed by atoms with E-state index >= 15 is 0 Å². The first-order chi connectivity index (χ1) is 19.5. The number of hydrogen-bond donors (Lipinski definition) is 2.